The van der Waals surface area contributed by atoms with Gasteiger partial charge in [-0.1, -0.05) is 18.2 Å². The molecule has 16 heavy (non-hydrogen) atoms. The molecule has 1 heterocycles. The van der Waals surface area contributed by atoms with Crippen LogP contribution in [0.2, 0.25) is 0 Å². The van der Waals surface area contributed by atoms with Crippen LogP contribution in [0.15, 0.2) is 18.2 Å². The van der Waals surface area contributed by atoms with Crippen molar-refractivity contribution in [3.63, 3.8) is 0 Å². The van der Waals surface area contributed by atoms with E-state index >= 15 is 0 Å². The number of nitrogens with zero attached hydrogens (tertiary/aromatic N) is 2. The zero-order valence-corrected chi connectivity index (χ0v) is 9.61. The predicted octanol–water partition coefficient (Wildman–Crippen LogP) is 1.95. The van der Waals surface area contributed by atoms with Gasteiger partial charge >= 0.3 is 0 Å². The van der Waals surface area contributed by atoms with Crippen LogP contribution in [0.4, 0.5) is 0 Å². The lowest BCUT2D eigenvalue weighted by Gasteiger charge is -2.00. The van der Waals surface area contributed by atoms with Gasteiger partial charge in [0.15, 0.2) is 0 Å². The summed E-state index contributed by atoms with van der Waals surface area (Å²) in [5, 5.41) is 5.98. The molecule has 3 rings (SSSR count). The second kappa shape index (κ2) is 3.59. The first-order valence-corrected chi connectivity index (χ1v) is 5.96. The van der Waals surface area contributed by atoms with Crippen LogP contribution in [0, 0.1) is 0 Å². The molecule has 0 bridgehead atoms. The van der Waals surface area contributed by atoms with Gasteiger partial charge in [-0.25, -0.2) is 0 Å². The number of hydrogen-bond donors (Lipinski definition) is 1. The van der Waals surface area contributed by atoms with E-state index in [0.29, 0.717) is 6.54 Å². The van der Waals surface area contributed by atoms with Gasteiger partial charge in [-0.15, -0.1) is 0 Å². The molecule has 0 atom stereocenters. The molecule has 0 spiro atoms. The van der Waals surface area contributed by atoms with E-state index in [1.165, 1.54) is 29.5 Å². The first kappa shape index (κ1) is 9.85. The SMILES string of the molecule is Cn1nc2c(CCN)cccc2c1C1CC1. The molecular formula is C13H17N3. The zero-order valence-electron chi connectivity index (χ0n) is 9.61. The van der Waals surface area contributed by atoms with E-state index in [1.54, 1.807) is 0 Å². The highest BCUT2D eigenvalue weighted by Crippen LogP contribution is 2.43. The largest absolute Gasteiger partial charge is 0.330 e. The molecule has 3 heteroatoms. The van der Waals surface area contributed by atoms with Crippen molar-refractivity contribution >= 4 is 10.9 Å². The van der Waals surface area contributed by atoms with Crippen molar-refractivity contribution in [2.75, 3.05) is 6.54 Å². The Balaban J connectivity index is 2.21. The highest BCUT2D eigenvalue weighted by molar-refractivity contribution is 5.85. The van der Waals surface area contributed by atoms with Crippen molar-refractivity contribution in [2.24, 2.45) is 12.8 Å². The van der Waals surface area contributed by atoms with E-state index in [1.807, 2.05) is 0 Å². The van der Waals surface area contributed by atoms with Crippen LogP contribution in [0.1, 0.15) is 30.0 Å². The van der Waals surface area contributed by atoms with Crippen molar-refractivity contribution in [1.82, 2.24) is 9.78 Å². The van der Waals surface area contributed by atoms with Gasteiger partial charge in [0.1, 0.15) is 0 Å². The van der Waals surface area contributed by atoms with E-state index in [9.17, 15) is 0 Å². The molecular weight excluding hydrogens is 198 g/mol. The van der Waals surface area contributed by atoms with Crippen molar-refractivity contribution in [3.8, 4) is 0 Å². The summed E-state index contributed by atoms with van der Waals surface area (Å²) in [6, 6.07) is 6.45. The second-order valence-corrected chi connectivity index (χ2v) is 4.64. The van der Waals surface area contributed by atoms with Crippen LogP contribution >= 0.6 is 0 Å². The van der Waals surface area contributed by atoms with Crippen molar-refractivity contribution in [3.05, 3.63) is 29.5 Å². The van der Waals surface area contributed by atoms with Gasteiger partial charge in [0.25, 0.3) is 0 Å². The van der Waals surface area contributed by atoms with E-state index in [-0.39, 0.29) is 0 Å². The number of aryl methyl sites for hydroxylation is 1. The summed E-state index contributed by atoms with van der Waals surface area (Å²) in [5.41, 5.74) is 9.48. The Morgan fingerprint density at radius 2 is 2.25 bits per heavy atom. The predicted molar refractivity (Wildman–Crippen MR) is 65.4 cm³/mol. The average molecular weight is 215 g/mol. The molecule has 84 valence electrons. The fourth-order valence-corrected chi connectivity index (χ4v) is 2.49. The standard InChI is InChI=1S/C13H17N3/c1-16-13(10-5-6-10)11-4-2-3-9(7-8-14)12(11)15-16/h2-4,10H,5-8,14H2,1H3. The van der Waals surface area contributed by atoms with E-state index in [2.05, 4.69) is 35.0 Å². The number of aromatic nitrogens is 2. The molecule has 1 aromatic heterocycles. The maximum atomic E-state index is 5.63. The smallest absolute Gasteiger partial charge is 0.0958 e. The summed E-state index contributed by atoms with van der Waals surface area (Å²) in [6.45, 7) is 0.689. The maximum Gasteiger partial charge on any atom is 0.0958 e. The number of fused-ring (bicyclic) bond motifs is 1. The molecule has 1 fully saturated rings. The van der Waals surface area contributed by atoms with Crippen LogP contribution in [0.3, 0.4) is 0 Å². The summed E-state index contributed by atoms with van der Waals surface area (Å²) in [4.78, 5) is 0. The minimum Gasteiger partial charge on any atom is -0.330 e. The monoisotopic (exact) mass is 215 g/mol. The lowest BCUT2D eigenvalue weighted by atomic mass is 10.1. The Bertz CT molecular complexity index is 523. The van der Waals surface area contributed by atoms with Gasteiger partial charge in [-0.3, -0.25) is 4.68 Å². The van der Waals surface area contributed by atoms with Gasteiger partial charge < -0.3 is 5.73 Å². The van der Waals surface area contributed by atoms with Crippen LogP contribution in [-0.4, -0.2) is 16.3 Å². The Labute approximate surface area is 95.2 Å². The molecule has 0 saturated heterocycles. The van der Waals surface area contributed by atoms with Crippen molar-refractivity contribution in [2.45, 2.75) is 25.2 Å². The highest BCUT2D eigenvalue weighted by Gasteiger charge is 2.29. The number of rotatable bonds is 3. The fraction of sp³-hybridized carbons (Fsp3) is 0.462. The summed E-state index contributed by atoms with van der Waals surface area (Å²) >= 11 is 0. The molecule has 2 aromatic rings. The lowest BCUT2D eigenvalue weighted by molar-refractivity contribution is 0.722. The molecule has 1 saturated carbocycles. The van der Waals surface area contributed by atoms with E-state index in [0.717, 1.165) is 17.9 Å². The summed E-state index contributed by atoms with van der Waals surface area (Å²) in [7, 11) is 2.06. The molecule has 0 radical (unpaired) electrons. The Kier molecular flexibility index (Phi) is 2.21. The highest BCUT2D eigenvalue weighted by atomic mass is 15.3. The van der Waals surface area contributed by atoms with Crippen molar-refractivity contribution in [1.29, 1.82) is 0 Å². The first-order valence-electron chi connectivity index (χ1n) is 5.96. The Hall–Kier alpha value is -1.35. The normalized spacial score (nSPS) is 15.9. The average Bonchev–Trinajstić information content (AvgIpc) is 3.03. The van der Waals surface area contributed by atoms with E-state index in [4.69, 9.17) is 5.73 Å². The molecule has 0 aliphatic heterocycles. The third-order valence-electron chi connectivity index (χ3n) is 3.37. The molecule has 1 aliphatic rings. The van der Waals surface area contributed by atoms with Crippen LogP contribution in [-0.2, 0) is 13.5 Å². The summed E-state index contributed by atoms with van der Waals surface area (Å²) < 4.78 is 2.06. The molecule has 3 nitrogen and oxygen atoms in total. The number of nitrogens with two attached hydrogens (primary N) is 1. The second-order valence-electron chi connectivity index (χ2n) is 4.64. The molecule has 0 unspecified atom stereocenters. The van der Waals surface area contributed by atoms with Gasteiger partial charge in [0.05, 0.1) is 5.52 Å². The van der Waals surface area contributed by atoms with Gasteiger partial charge in [0, 0.05) is 24.0 Å². The third-order valence-corrected chi connectivity index (χ3v) is 3.37. The molecule has 2 N–H and O–H groups in total. The summed E-state index contributed by atoms with van der Waals surface area (Å²) in [5.74, 6) is 0.739. The van der Waals surface area contributed by atoms with Crippen LogP contribution in [0.25, 0.3) is 10.9 Å². The zero-order chi connectivity index (χ0) is 11.1. The molecule has 0 amide bonds. The Morgan fingerprint density at radius 3 is 2.94 bits per heavy atom. The number of benzene rings is 1. The third kappa shape index (κ3) is 1.43. The minimum absolute atomic E-state index is 0.689. The fourth-order valence-electron chi connectivity index (χ4n) is 2.49. The maximum absolute atomic E-state index is 5.63. The van der Waals surface area contributed by atoms with Gasteiger partial charge in [-0.2, -0.15) is 5.10 Å². The summed E-state index contributed by atoms with van der Waals surface area (Å²) in [6.07, 6.45) is 3.55. The minimum atomic E-state index is 0.689. The van der Waals surface area contributed by atoms with Crippen molar-refractivity contribution < 1.29 is 0 Å². The van der Waals surface area contributed by atoms with E-state index < -0.39 is 0 Å². The lowest BCUT2D eigenvalue weighted by Crippen LogP contribution is -2.03. The quantitative estimate of drug-likeness (QED) is 0.850. The van der Waals surface area contributed by atoms with Crippen LogP contribution in [0.5, 0.6) is 0 Å². The number of hydrogen-bond acceptors (Lipinski definition) is 2. The van der Waals surface area contributed by atoms with Gasteiger partial charge in [0.2, 0.25) is 0 Å². The Morgan fingerprint density at radius 1 is 1.44 bits per heavy atom. The molecule has 1 aliphatic carbocycles. The topological polar surface area (TPSA) is 43.8 Å². The first-order chi connectivity index (χ1) is 7.81. The van der Waals surface area contributed by atoms with Crippen LogP contribution < -0.4 is 5.73 Å². The van der Waals surface area contributed by atoms with Gasteiger partial charge in [-0.05, 0) is 31.4 Å². The molecule has 1 aromatic carbocycles.